The van der Waals surface area contributed by atoms with Crippen LogP contribution in [0.25, 0.3) is 0 Å². The highest BCUT2D eigenvalue weighted by molar-refractivity contribution is 6.17. The van der Waals surface area contributed by atoms with E-state index in [4.69, 9.17) is 16.3 Å². The Kier molecular flexibility index (Phi) is 5.10. The fourth-order valence-electron chi connectivity index (χ4n) is 1.98. The van der Waals surface area contributed by atoms with E-state index in [1.165, 1.54) is 0 Å². The van der Waals surface area contributed by atoms with Crippen LogP contribution in [-0.2, 0) is 10.6 Å². The van der Waals surface area contributed by atoms with E-state index in [0.717, 1.165) is 50.6 Å². The lowest BCUT2D eigenvalue weighted by Crippen LogP contribution is -2.39. The van der Waals surface area contributed by atoms with Crippen LogP contribution in [0.1, 0.15) is 5.56 Å². The van der Waals surface area contributed by atoms with Crippen molar-refractivity contribution in [3.8, 4) is 0 Å². The fraction of sp³-hybridized carbons (Fsp3) is 0.538. The van der Waals surface area contributed by atoms with Gasteiger partial charge in [-0.15, -0.1) is 11.6 Å². The molecule has 1 N–H and O–H groups in total. The lowest BCUT2D eigenvalue weighted by molar-refractivity contribution is 0.0398. The second-order valence-electron chi connectivity index (χ2n) is 4.17. The molecule has 4 heteroatoms. The second kappa shape index (κ2) is 6.84. The monoisotopic (exact) mass is 254 g/mol. The van der Waals surface area contributed by atoms with Crippen LogP contribution in [0.3, 0.4) is 0 Å². The third kappa shape index (κ3) is 3.87. The van der Waals surface area contributed by atoms with Crippen molar-refractivity contribution < 1.29 is 4.74 Å². The Morgan fingerprint density at radius 3 is 2.76 bits per heavy atom. The third-order valence-electron chi connectivity index (χ3n) is 3.01. The zero-order valence-corrected chi connectivity index (χ0v) is 10.7. The first-order valence-corrected chi connectivity index (χ1v) is 6.61. The fourth-order valence-corrected chi connectivity index (χ4v) is 2.22. The average molecular weight is 255 g/mol. The summed E-state index contributed by atoms with van der Waals surface area (Å²) in [5.74, 6) is 0.556. The van der Waals surface area contributed by atoms with Crippen LogP contribution >= 0.6 is 11.6 Å². The van der Waals surface area contributed by atoms with E-state index in [0.29, 0.717) is 5.88 Å². The van der Waals surface area contributed by atoms with E-state index in [1.807, 2.05) is 12.1 Å². The molecular weight excluding hydrogens is 236 g/mol. The zero-order valence-electron chi connectivity index (χ0n) is 9.99. The van der Waals surface area contributed by atoms with Gasteiger partial charge in [0.15, 0.2) is 0 Å². The molecule has 0 unspecified atom stereocenters. The Morgan fingerprint density at radius 2 is 2.00 bits per heavy atom. The van der Waals surface area contributed by atoms with E-state index in [2.05, 4.69) is 22.3 Å². The van der Waals surface area contributed by atoms with Crippen molar-refractivity contribution in [2.24, 2.45) is 0 Å². The van der Waals surface area contributed by atoms with Gasteiger partial charge in [-0.2, -0.15) is 0 Å². The van der Waals surface area contributed by atoms with Crippen LogP contribution in [0, 0.1) is 0 Å². The minimum Gasteiger partial charge on any atom is -0.384 e. The number of benzene rings is 1. The summed E-state index contributed by atoms with van der Waals surface area (Å²) in [6, 6.07) is 8.19. The molecule has 1 aromatic carbocycles. The maximum Gasteiger partial charge on any atom is 0.0594 e. The molecule has 1 fully saturated rings. The van der Waals surface area contributed by atoms with Crippen LogP contribution in [0.15, 0.2) is 24.3 Å². The van der Waals surface area contributed by atoms with E-state index in [1.54, 1.807) is 0 Å². The summed E-state index contributed by atoms with van der Waals surface area (Å²) in [6.45, 7) is 5.81. The zero-order chi connectivity index (χ0) is 11.9. The Labute approximate surface area is 108 Å². The summed E-state index contributed by atoms with van der Waals surface area (Å²) in [6.07, 6.45) is 0. The molecule has 0 spiro atoms. The van der Waals surface area contributed by atoms with Crippen molar-refractivity contribution >= 4 is 17.3 Å². The van der Waals surface area contributed by atoms with Gasteiger partial charge in [0.2, 0.25) is 0 Å². The molecule has 0 aromatic heterocycles. The van der Waals surface area contributed by atoms with E-state index < -0.39 is 0 Å². The summed E-state index contributed by atoms with van der Waals surface area (Å²) in [7, 11) is 0. The lowest BCUT2D eigenvalue weighted by atomic mass is 10.2. The predicted octanol–water partition coefficient (Wildman–Crippen LogP) is 2.17. The number of hydrogen-bond acceptors (Lipinski definition) is 3. The van der Waals surface area contributed by atoms with Crippen molar-refractivity contribution in [3.05, 3.63) is 29.8 Å². The SMILES string of the molecule is ClCc1ccccc1NCCN1CCOCC1. The van der Waals surface area contributed by atoms with Gasteiger partial charge >= 0.3 is 0 Å². The highest BCUT2D eigenvalue weighted by atomic mass is 35.5. The molecule has 2 rings (SSSR count). The van der Waals surface area contributed by atoms with Crippen LogP contribution in [0.4, 0.5) is 5.69 Å². The summed E-state index contributed by atoms with van der Waals surface area (Å²) >= 11 is 5.89. The normalized spacial score (nSPS) is 17.0. The quantitative estimate of drug-likeness (QED) is 0.815. The Bertz CT molecular complexity index is 340. The molecule has 1 aliphatic heterocycles. The van der Waals surface area contributed by atoms with Crippen LogP contribution in [-0.4, -0.2) is 44.3 Å². The molecule has 3 nitrogen and oxygen atoms in total. The minimum absolute atomic E-state index is 0.556. The summed E-state index contributed by atoms with van der Waals surface area (Å²) in [5, 5.41) is 3.44. The smallest absolute Gasteiger partial charge is 0.0594 e. The number of nitrogens with one attached hydrogen (secondary N) is 1. The van der Waals surface area contributed by atoms with Crippen molar-refractivity contribution in [1.82, 2.24) is 4.90 Å². The van der Waals surface area contributed by atoms with Gasteiger partial charge in [0.25, 0.3) is 0 Å². The Morgan fingerprint density at radius 1 is 1.24 bits per heavy atom. The van der Waals surface area contributed by atoms with E-state index >= 15 is 0 Å². The van der Waals surface area contributed by atoms with Gasteiger partial charge in [0.05, 0.1) is 13.2 Å². The molecule has 17 heavy (non-hydrogen) atoms. The van der Waals surface area contributed by atoms with Crippen LogP contribution < -0.4 is 5.32 Å². The van der Waals surface area contributed by atoms with Crippen LogP contribution in [0.2, 0.25) is 0 Å². The van der Waals surface area contributed by atoms with E-state index in [9.17, 15) is 0 Å². The van der Waals surface area contributed by atoms with Gasteiger partial charge in [-0.1, -0.05) is 18.2 Å². The second-order valence-corrected chi connectivity index (χ2v) is 4.44. The number of morpholine rings is 1. The summed E-state index contributed by atoms with van der Waals surface area (Å²) in [4.78, 5) is 2.42. The molecular formula is C13H19ClN2O. The number of anilines is 1. The lowest BCUT2D eigenvalue weighted by Gasteiger charge is -2.26. The number of rotatable bonds is 5. The van der Waals surface area contributed by atoms with Crippen molar-refractivity contribution in [1.29, 1.82) is 0 Å². The van der Waals surface area contributed by atoms with E-state index in [-0.39, 0.29) is 0 Å². The first-order valence-electron chi connectivity index (χ1n) is 6.08. The first kappa shape index (κ1) is 12.7. The molecule has 1 aliphatic rings. The standard InChI is InChI=1S/C13H19ClN2O/c14-11-12-3-1-2-4-13(12)15-5-6-16-7-9-17-10-8-16/h1-4,15H,5-11H2. The maximum absolute atomic E-state index is 5.89. The van der Waals surface area contributed by atoms with Crippen LogP contribution in [0.5, 0.6) is 0 Å². The van der Waals surface area contributed by atoms with Gasteiger partial charge in [0.1, 0.15) is 0 Å². The number of halogens is 1. The molecule has 0 amide bonds. The first-order chi connectivity index (χ1) is 8.40. The molecule has 1 heterocycles. The number of hydrogen-bond donors (Lipinski definition) is 1. The summed E-state index contributed by atoms with van der Waals surface area (Å²) < 4.78 is 5.32. The molecule has 0 saturated carbocycles. The topological polar surface area (TPSA) is 24.5 Å². The van der Waals surface area contributed by atoms with Gasteiger partial charge in [-0.3, -0.25) is 4.90 Å². The molecule has 0 atom stereocenters. The number of nitrogens with zero attached hydrogens (tertiary/aromatic N) is 1. The van der Waals surface area contributed by atoms with Gasteiger partial charge in [0, 0.05) is 37.7 Å². The molecule has 0 radical (unpaired) electrons. The average Bonchev–Trinajstić information content (AvgIpc) is 2.40. The van der Waals surface area contributed by atoms with Crippen molar-refractivity contribution in [3.63, 3.8) is 0 Å². The van der Waals surface area contributed by atoms with Gasteiger partial charge in [-0.05, 0) is 11.6 Å². The molecule has 1 saturated heterocycles. The highest BCUT2D eigenvalue weighted by Crippen LogP contribution is 2.16. The highest BCUT2D eigenvalue weighted by Gasteiger charge is 2.09. The molecule has 0 aliphatic carbocycles. The minimum atomic E-state index is 0.556. The van der Waals surface area contributed by atoms with Crippen molar-refractivity contribution in [2.75, 3.05) is 44.7 Å². The Balaban J connectivity index is 1.77. The Hall–Kier alpha value is -0.770. The summed E-state index contributed by atoms with van der Waals surface area (Å²) in [5.41, 5.74) is 2.31. The third-order valence-corrected chi connectivity index (χ3v) is 3.30. The number of para-hydroxylation sites is 1. The van der Waals surface area contributed by atoms with Gasteiger partial charge < -0.3 is 10.1 Å². The maximum atomic E-state index is 5.89. The number of ether oxygens (including phenoxy) is 1. The number of alkyl halides is 1. The predicted molar refractivity (Wildman–Crippen MR) is 71.7 cm³/mol. The van der Waals surface area contributed by atoms with Crippen molar-refractivity contribution in [2.45, 2.75) is 5.88 Å². The van der Waals surface area contributed by atoms with Gasteiger partial charge in [-0.25, -0.2) is 0 Å². The molecule has 0 bridgehead atoms. The largest absolute Gasteiger partial charge is 0.384 e. The molecule has 1 aromatic rings. The molecule has 94 valence electrons.